The highest BCUT2D eigenvalue weighted by Gasteiger charge is 2.00. The molecule has 0 aliphatic rings. The monoisotopic (exact) mass is 306 g/mol. The molecule has 4 heteroatoms. The molecule has 3 nitrogen and oxygen atoms in total. The fourth-order valence-corrected chi connectivity index (χ4v) is 2.60. The van der Waals surface area contributed by atoms with Crippen molar-refractivity contribution in [2.24, 2.45) is 0 Å². The van der Waals surface area contributed by atoms with Crippen molar-refractivity contribution in [3.05, 3.63) is 0 Å². The maximum atomic E-state index is 11.2. The molecule has 20 heavy (non-hydrogen) atoms. The molecule has 0 amide bonds. The second-order valence-electron chi connectivity index (χ2n) is 5.38. The third-order valence-electron chi connectivity index (χ3n) is 3.35. The second-order valence-corrected chi connectivity index (χ2v) is 6.26. The molecule has 0 fully saturated rings. The van der Waals surface area contributed by atoms with Crippen LogP contribution in [0.2, 0.25) is 0 Å². The van der Waals surface area contributed by atoms with Crippen LogP contribution in [-0.2, 0) is 19.7 Å². The van der Waals surface area contributed by atoms with E-state index in [0.717, 1.165) is 19.3 Å². The Morgan fingerprint density at radius 2 is 1.00 bits per heavy atom. The molecule has 0 N–H and O–H groups in total. The van der Waals surface area contributed by atoms with Crippen molar-refractivity contribution in [3.8, 4) is 0 Å². The van der Waals surface area contributed by atoms with Gasteiger partial charge in [0.2, 0.25) is 0 Å². The second kappa shape index (κ2) is 17.1. The lowest BCUT2D eigenvalue weighted by molar-refractivity contribution is 0.242. The highest BCUT2D eigenvalue weighted by molar-refractivity contribution is 7.75. The summed E-state index contributed by atoms with van der Waals surface area (Å²) in [6.45, 7) is 5.41. The predicted octanol–water partition coefficient (Wildman–Crippen LogP) is 5.32. The normalized spacial score (nSPS) is 12.7. The summed E-state index contributed by atoms with van der Waals surface area (Å²) in [5.41, 5.74) is 0. The van der Waals surface area contributed by atoms with Gasteiger partial charge in [-0.15, -0.1) is 0 Å². The van der Waals surface area contributed by atoms with E-state index in [1.54, 1.807) is 0 Å². The third-order valence-corrected chi connectivity index (χ3v) is 4.07. The summed E-state index contributed by atoms with van der Waals surface area (Å²) >= 11 is -1.54. The van der Waals surface area contributed by atoms with Gasteiger partial charge in [-0.05, 0) is 12.8 Å². The average molecular weight is 307 g/mol. The average Bonchev–Trinajstić information content (AvgIpc) is 2.45. The van der Waals surface area contributed by atoms with Crippen molar-refractivity contribution in [2.45, 2.75) is 90.9 Å². The molecule has 0 rings (SSSR count). The Hall–Kier alpha value is 0.0700. The minimum Gasteiger partial charge on any atom is -0.268 e. The standard InChI is InChI=1S/C16H34O3S/c1-3-5-7-8-9-10-11-12-13-14-16-19-20(17)18-15-6-4-2/h3-16H2,1-2H3. The lowest BCUT2D eigenvalue weighted by Gasteiger charge is -2.04. The molecule has 0 aromatic rings. The summed E-state index contributed by atoms with van der Waals surface area (Å²) in [6.07, 6.45) is 15.0. The van der Waals surface area contributed by atoms with Crippen LogP contribution in [0.15, 0.2) is 0 Å². The van der Waals surface area contributed by atoms with Crippen LogP contribution in [0.5, 0.6) is 0 Å². The summed E-state index contributed by atoms with van der Waals surface area (Å²) in [5, 5.41) is 0. The van der Waals surface area contributed by atoms with Gasteiger partial charge in [0.1, 0.15) is 0 Å². The third kappa shape index (κ3) is 16.1. The quantitative estimate of drug-likeness (QED) is 0.362. The molecule has 1 atom stereocenters. The van der Waals surface area contributed by atoms with Gasteiger partial charge in [-0.2, -0.15) is 4.21 Å². The first kappa shape index (κ1) is 20.1. The highest BCUT2D eigenvalue weighted by Crippen LogP contribution is 2.10. The van der Waals surface area contributed by atoms with Gasteiger partial charge in [0, 0.05) is 0 Å². The lowest BCUT2D eigenvalue weighted by Crippen LogP contribution is -2.04. The van der Waals surface area contributed by atoms with E-state index >= 15 is 0 Å². The van der Waals surface area contributed by atoms with Crippen molar-refractivity contribution in [1.29, 1.82) is 0 Å². The number of hydrogen-bond donors (Lipinski definition) is 0. The van der Waals surface area contributed by atoms with Crippen molar-refractivity contribution in [3.63, 3.8) is 0 Å². The summed E-state index contributed by atoms with van der Waals surface area (Å²) in [4.78, 5) is 0. The molecule has 0 radical (unpaired) electrons. The Bertz CT molecular complexity index is 210. The summed E-state index contributed by atoms with van der Waals surface area (Å²) in [6, 6.07) is 0. The topological polar surface area (TPSA) is 35.5 Å². The number of hydrogen-bond acceptors (Lipinski definition) is 3. The van der Waals surface area contributed by atoms with Crippen LogP contribution in [0.1, 0.15) is 90.9 Å². The van der Waals surface area contributed by atoms with Crippen LogP contribution >= 0.6 is 0 Å². The maximum absolute atomic E-state index is 11.2. The first-order valence-electron chi connectivity index (χ1n) is 8.49. The van der Waals surface area contributed by atoms with Crippen LogP contribution in [0.4, 0.5) is 0 Å². The van der Waals surface area contributed by atoms with E-state index in [4.69, 9.17) is 8.37 Å². The smallest absolute Gasteiger partial charge is 0.268 e. The summed E-state index contributed by atoms with van der Waals surface area (Å²) < 4.78 is 21.4. The van der Waals surface area contributed by atoms with Crippen LogP contribution in [0.3, 0.4) is 0 Å². The SMILES string of the molecule is CCCCCCCCCCCCOS(=O)OCCCC. The van der Waals surface area contributed by atoms with Gasteiger partial charge in [-0.25, -0.2) is 0 Å². The molecule has 0 spiro atoms. The molecule has 0 aliphatic heterocycles. The molecule has 0 heterocycles. The molecular weight excluding hydrogens is 272 g/mol. The Morgan fingerprint density at radius 1 is 0.600 bits per heavy atom. The Labute approximate surface area is 128 Å². The molecule has 122 valence electrons. The van der Waals surface area contributed by atoms with Crippen molar-refractivity contribution >= 4 is 11.4 Å². The van der Waals surface area contributed by atoms with E-state index in [1.165, 1.54) is 57.8 Å². The van der Waals surface area contributed by atoms with Crippen LogP contribution < -0.4 is 0 Å². The Kier molecular flexibility index (Phi) is 17.2. The van der Waals surface area contributed by atoms with Gasteiger partial charge in [0.15, 0.2) is 0 Å². The number of unbranched alkanes of at least 4 members (excludes halogenated alkanes) is 10. The van der Waals surface area contributed by atoms with Gasteiger partial charge < -0.3 is 0 Å². The van der Waals surface area contributed by atoms with E-state index < -0.39 is 11.4 Å². The first-order chi connectivity index (χ1) is 9.81. The molecule has 0 aliphatic carbocycles. The van der Waals surface area contributed by atoms with Crippen molar-refractivity contribution in [1.82, 2.24) is 0 Å². The zero-order chi connectivity index (χ0) is 14.9. The Morgan fingerprint density at radius 3 is 1.50 bits per heavy atom. The van der Waals surface area contributed by atoms with Crippen LogP contribution in [0, 0.1) is 0 Å². The minimum atomic E-state index is -1.54. The molecule has 0 saturated heterocycles. The first-order valence-corrected chi connectivity index (χ1v) is 9.49. The molecule has 1 unspecified atom stereocenters. The fraction of sp³-hybridized carbons (Fsp3) is 1.00. The van der Waals surface area contributed by atoms with Gasteiger partial charge in [0.25, 0.3) is 0 Å². The maximum Gasteiger partial charge on any atom is 0.304 e. The van der Waals surface area contributed by atoms with Crippen molar-refractivity contribution in [2.75, 3.05) is 13.2 Å². The van der Waals surface area contributed by atoms with Gasteiger partial charge in [-0.3, -0.25) is 8.37 Å². The van der Waals surface area contributed by atoms with E-state index in [9.17, 15) is 4.21 Å². The zero-order valence-electron chi connectivity index (χ0n) is 13.5. The molecular formula is C16H34O3S. The van der Waals surface area contributed by atoms with E-state index in [0.29, 0.717) is 13.2 Å². The predicted molar refractivity (Wildman–Crippen MR) is 86.8 cm³/mol. The van der Waals surface area contributed by atoms with Gasteiger partial charge in [0.05, 0.1) is 13.2 Å². The highest BCUT2D eigenvalue weighted by atomic mass is 32.2. The largest absolute Gasteiger partial charge is 0.304 e. The van der Waals surface area contributed by atoms with Crippen LogP contribution in [-0.4, -0.2) is 17.4 Å². The minimum absolute atomic E-state index is 0.529. The Balaban J connectivity index is 3.07. The molecule has 0 aromatic carbocycles. The van der Waals surface area contributed by atoms with Crippen molar-refractivity contribution < 1.29 is 12.6 Å². The molecule has 0 bridgehead atoms. The molecule has 0 saturated carbocycles. The zero-order valence-corrected chi connectivity index (χ0v) is 14.3. The van der Waals surface area contributed by atoms with Gasteiger partial charge >= 0.3 is 11.4 Å². The van der Waals surface area contributed by atoms with E-state index in [2.05, 4.69) is 13.8 Å². The summed E-state index contributed by atoms with van der Waals surface area (Å²) in [5.74, 6) is 0. The lowest BCUT2D eigenvalue weighted by atomic mass is 10.1. The van der Waals surface area contributed by atoms with Crippen LogP contribution in [0.25, 0.3) is 0 Å². The summed E-state index contributed by atoms with van der Waals surface area (Å²) in [7, 11) is 0. The van der Waals surface area contributed by atoms with E-state index in [-0.39, 0.29) is 0 Å². The number of rotatable bonds is 16. The fourth-order valence-electron chi connectivity index (χ4n) is 2.02. The molecule has 0 aromatic heterocycles. The van der Waals surface area contributed by atoms with E-state index in [1.807, 2.05) is 0 Å². The van der Waals surface area contributed by atoms with Gasteiger partial charge in [-0.1, -0.05) is 78.1 Å².